The number of anilines is 1. The Labute approximate surface area is 141 Å². The van der Waals surface area contributed by atoms with Crippen molar-refractivity contribution < 1.29 is 4.52 Å². The Bertz CT molecular complexity index is 807. The van der Waals surface area contributed by atoms with E-state index in [9.17, 15) is 0 Å². The third kappa shape index (κ3) is 2.90. The van der Waals surface area contributed by atoms with Crippen LogP contribution in [0, 0.1) is 0 Å². The van der Waals surface area contributed by atoms with Crippen LogP contribution < -0.4 is 4.90 Å². The minimum absolute atomic E-state index is 0.573. The second-order valence-corrected chi connectivity index (χ2v) is 6.10. The van der Waals surface area contributed by atoms with Gasteiger partial charge in [0.25, 0.3) is 5.89 Å². The molecule has 0 atom stereocenters. The molecule has 0 bridgehead atoms. The lowest BCUT2D eigenvalue weighted by molar-refractivity contribution is 0.313. The average Bonchev–Trinajstić information content (AvgIpc) is 3.13. The second kappa shape index (κ2) is 6.45. The number of likely N-dealkylation sites (N-methyl/N-ethyl adjacent to an activating group) is 1. The number of benzene rings is 2. The minimum atomic E-state index is 0.573. The molecule has 1 aliphatic heterocycles. The lowest BCUT2D eigenvalue weighted by Crippen LogP contribution is -2.44. The Morgan fingerprint density at radius 1 is 0.875 bits per heavy atom. The second-order valence-electron chi connectivity index (χ2n) is 6.10. The summed E-state index contributed by atoms with van der Waals surface area (Å²) in [6, 6.07) is 18.2. The normalized spacial score (nSPS) is 15.6. The molecule has 24 heavy (non-hydrogen) atoms. The topological polar surface area (TPSA) is 45.4 Å². The van der Waals surface area contributed by atoms with Gasteiger partial charge in [0.1, 0.15) is 0 Å². The largest absolute Gasteiger partial charge is 0.368 e. The molecule has 3 aromatic rings. The maximum atomic E-state index is 5.56. The lowest BCUT2D eigenvalue weighted by atomic mass is 10.1. The number of hydrogen-bond donors (Lipinski definition) is 0. The number of hydrogen-bond acceptors (Lipinski definition) is 5. The molecule has 0 unspecified atom stereocenters. The average molecular weight is 320 g/mol. The molecule has 2 aromatic carbocycles. The van der Waals surface area contributed by atoms with Gasteiger partial charge in [0.05, 0.1) is 5.56 Å². The number of aromatic nitrogens is 2. The molecule has 0 aliphatic carbocycles. The highest BCUT2D eigenvalue weighted by Gasteiger charge is 2.20. The van der Waals surface area contributed by atoms with Crippen molar-refractivity contribution >= 4 is 5.69 Å². The zero-order chi connectivity index (χ0) is 16.4. The molecule has 2 heterocycles. The van der Waals surface area contributed by atoms with Gasteiger partial charge >= 0.3 is 0 Å². The Balaban J connectivity index is 1.67. The molecule has 0 amide bonds. The van der Waals surface area contributed by atoms with Crippen LogP contribution in [-0.4, -0.2) is 48.3 Å². The minimum Gasteiger partial charge on any atom is -0.368 e. The summed E-state index contributed by atoms with van der Waals surface area (Å²) in [5.74, 6) is 1.20. The fourth-order valence-corrected chi connectivity index (χ4v) is 3.01. The van der Waals surface area contributed by atoms with E-state index in [0.717, 1.165) is 43.0 Å². The first-order valence-electron chi connectivity index (χ1n) is 8.23. The van der Waals surface area contributed by atoms with Gasteiger partial charge in [-0.3, -0.25) is 0 Å². The fourth-order valence-electron chi connectivity index (χ4n) is 3.01. The van der Waals surface area contributed by atoms with Crippen LogP contribution in [0.4, 0.5) is 5.69 Å². The van der Waals surface area contributed by atoms with Crippen LogP contribution in [0.5, 0.6) is 0 Å². The van der Waals surface area contributed by atoms with Crippen molar-refractivity contribution in [2.24, 2.45) is 0 Å². The highest BCUT2D eigenvalue weighted by Crippen LogP contribution is 2.31. The zero-order valence-corrected chi connectivity index (χ0v) is 13.7. The molecular formula is C19H20N4O. The number of piperazine rings is 1. The molecule has 5 heteroatoms. The Kier molecular flexibility index (Phi) is 4.01. The Hall–Kier alpha value is -2.66. The molecule has 1 saturated heterocycles. The highest BCUT2D eigenvalue weighted by atomic mass is 16.5. The summed E-state index contributed by atoms with van der Waals surface area (Å²) in [4.78, 5) is 9.34. The van der Waals surface area contributed by atoms with Crippen LogP contribution in [0.2, 0.25) is 0 Å². The smallest absolute Gasteiger partial charge is 0.260 e. The quantitative estimate of drug-likeness (QED) is 0.742. The summed E-state index contributed by atoms with van der Waals surface area (Å²) >= 11 is 0. The summed E-state index contributed by atoms with van der Waals surface area (Å²) in [6.45, 7) is 4.14. The van der Waals surface area contributed by atoms with Gasteiger partial charge in [0.2, 0.25) is 5.82 Å². The van der Waals surface area contributed by atoms with E-state index in [2.05, 4.69) is 45.2 Å². The van der Waals surface area contributed by atoms with Gasteiger partial charge < -0.3 is 14.3 Å². The van der Waals surface area contributed by atoms with E-state index in [-0.39, 0.29) is 0 Å². The van der Waals surface area contributed by atoms with Gasteiger partial charge in [0, 0.05) is 37.4 Å². The first kappa shape index (κ1) is 14.9. The van der Waals surface area contributed by atoms with Crippen molar-refractivity contribution in [1.82, 2.24) is 15.0 Å². The summed E-state index contributed by atoms with van der Waals surface area (Å²) in [7, 11) is 2.16. The van der Waals surface area contributed by atoms with Crippen LogP contribution >= 0.6 is 0 Å². The first-order valence-corrected chi connectivity index (χ1v) is 8.23. The third-order valence-electron chi connectivity index (χ3n) is 4.44. The molecule has 1 aliphatic rings. The molecule has 4 rings (SSSR count). The van der Waals surface area contributed by atoms with E-state index in [1.54, 1.807) is 0 Å². The van der Waals surface area contributed by atoms with Crippen molar-refractivity contribution in [3.63, 3.8) is 0 Å². The molecule has 1 aromatic heterocycles. The van der Waals surface area contributed by atoms with E-state index in [1.807, 2.05) is 36.4 Å². The Morgan fingerprint density at radius 2 is 1.58 bits per heavy atom. The molecule has 0 N–H and O–H groups in total. The number of rotatable bonds is 3. The van der Waals surface area contributed by atoms with E-state index in [0.29, 0.717) is 11.7 Å². The van der Waals surface area contributed by atoms with Crippen molar-refractivity contribution in [3.05, 3.63) is 54.6 Å². The molecule has 0 radical (unpaired) electrons. The summed E-state index contributed by atoms with van der Waals surface area (Å²) in [5, 5.41) is 4.15. The number of para-hydroxylation sites is 1. The fraction of sp³-hybridized carbons (Fsp3) is 0.263. The summed E-state index contributed by atoms with van der Waals surface area (Å²) < 4.78 is 5.56. The van der Waals surface area contributed by atoms with Crippen LogP contribution in [-0.2, 0) is 0 Å². The van der Waals surface area contributed by atoms with Gasteiger partial charge in [-0.15, -0.1) is 0 Å². The van der Waals surface area contributed by atoms with Gasteiger partial charge in [-0.05, 0) is 19.2 Å². The van der Waals surface area contributed by atoms with Gasteiger partial charge in [0.15, 0.2) is 0 Å². The maximum absolute atomic E-state index is 5.56. The standard InChI is InChI=1S/C19H20N4O/c1-22-11-13-23(14-12-22)17-10-6-5-9-16(17)19-20-18(21-24-19)15-7-3-2-4-8-15/h2-10H,11-14H2,1H3. The van der Waals surface area contributed by atoms with E-state index in [4.69, 9.17) is 4.52 Å². The Morgan fingerprint density at radius 3 is 2.38 bits per heavy atom. The summed E-state index contributed by atoms with van der Waals surface area (Å²) in [6.07, 6.45) is 0. The molecule has 122 valence electrons. The predicted octanol–water partition coefficient (Wildman–Crippen LogP) is 3.16. The van der Waals surface area contributed by atoms with Crippen molar-refractivity contribution in [3.8, 4) is 22.8 Å². The van der Waals surface area contributed by atoms with Crippen molar-refractivity contribution in [2.75, 3.05) is 38.1 Å². The zero-order valence-electron chi connectivity index (χ0n) is 13.7. The van der Waals surface area contributed by atoms with Crippen LogP contribution in [0.3, 0.4) is 0 Å². The van der Waals surface area contributed by atoms with E-state index < -0.39 is 0 Å². The SMILES string of the molecule is CN1CCN(c2ccccc2-c2nc(-c3ccccc3)no2)CC1. The third-order valence-corrected chi connectivity index (χ3v) is 4.44. The summed E-state index contributed by atoms with van der Waals surface area (Å²) in [5.41, 5.74) is 3.12. The molecular weight excluding hydrogens is 300 g/mol. The lowest BCUT2D eigenvalue weighted by Gasteiger charge is -2.34. The molecule has 5 nitrogen and oxygen atoms in total. The van der Waals surface area contributed by atoms with E-state index >= 15 is 0 Å². The molecule has 0 spiro atoms. The highest BCUT2D eigenvalue weighted by molar-refractivity contribution is 5.74. The number of nitrogens with zero attached hydrogens (tertiary/aromatic N) is 4. The van der Waals surface area contributed by atoms with Crippen molar-refractivity contribution in [2.45, 2.75) is 0 Å². The van der Waals surface area contributed by atoms with Gasteiger partial charge in [-0.25, -0.2) is 0 Å². The maximum Gasteiger partial charge on any atom is 0.260 e. The van der Waals surface area contributed by atoms with E-state index in [1.165, 1.54) is 0 Å². The van der Waals surface area contributed by atoms with Gasteiger partial charge in [-0.1, -0.05) is 47.6 Å². The van der Waals surface area contributed by atoms with Crippen LogP contribution in [0.1, 0.15) is 0 Å². The monoisotopic (exact) mass is 320 g/mol. The van der Waals surface area contributed by atoms with Crippen LogP contribution in [0.25, 0.3) is 22.8 Å². The molecule has 1 fully saturated rings. The first-order chi connectivity index (χ1) is 11.8. The predicted molar refractivity (Wildman–Crippen MR) is 94.9 cm³/mol. The van der Waals surface area contributed by atoms with Crippen molar-refractivity contribution in [1.29, 1.82) is 0 Å². The molecule has 0 saturated carbocycles. The van der Waals surface area contributed by atoms with Crippen LogP contribution in [0.15, 0.2) is 59.1 Å². The van der Waals surface area contributed by atoms with Gasteiger partial charge in [-0.2, -0.15) is 4.98 Å².